The van der Waals surface area contributed by atoms with Crippen molar-refractivity contribution in [2.75, 3.05) is 18.8 Å². The Morgan fingerprint density at radius 2 is 2.03 bits per heavy atom. The van der Waals surface area contributed by atoms with Crippen LogP contribution in [0.25, 0.3) is 27.6 Å². The lowest BCUT2D eigenvalue weighted by atomic mass is 9.96. The van der Waals surface area contributed by atoms with Crippen molar-refractivity contribution < 1.29 is 4.79 Å². The standard InChI is InChI=1S/C27H28N10O/c1-15-7-22(16(2)36-35-15)27(38)30-11-21-10-19-8-18(17-3-5-29-6-4-17)9-20(23(19)34-21)12-37-14-33-24-25(28)31-13-32-26(24)37/h3,7-10,13-14,29,34H,4-6,11-12H2,1-2H3,(H,30,38)(H2,28,31,32). The van der Waals surface area contributed by atoms with E-state index >= 15 is 0 Å². The number of nitrogens with two attached hydrogens (primary N) is 1. The Morgan fingerprint density at radius 1 is 1.13 bits per heavy atom. The molecule has 0 atom stereocenters. The van der Waals surface area contributed by atoms with Crippen LogP contribution in [0.4, 0.5) is 5.82 Å². The zero-order valence-electron chi connectivity index (χ0n) is 21.2. The lowest BCUT2D eigenvalue weighted by Crippen LogP contribution is -2.24. The molecule has 1 aliphatic rings. The van der Waals surface area contributed by atoms with Gasteiger partial charge in [0.15, 0.2) is 11.5 Å². The molecule has 38 heavy (non-hydrogen) atoms. The summed E-state index contributed by atoms with van der Waals surface area (Å²) >= 11 is 0. The van der Waals surface area contributed by atoms with Gasteiger partial charge in [-0.25, -0.2) is 15.0 Å². The highest BCUT2D eigenvalue weighted by atomic mass is 16.1. The van der Waals surface area contributed by atoms with Gasteiger partial charge in [-0.2, -0.15) is 10.2 Å². The van der Waals surface area contributed by atoms with E-state index in [1.807, 2.05) is 11.5 Å². The van der Waals surface area contributed by atoms with E-state index in [4.69, 9.17) is 5.73 Å². The Kier molecular flexibility index (Phi) is 6.04. The first-order valence-electron chi connectivity index (χ1n) is 12.5. The molecule has 0 saturated carbocycles. The molecule has 0 unspecified atom stereocenters. The summed E-state index contributed by atoms with van der Waals surface area (Å²) in [6.07, 6.45) is 6.42. The van der Waals surface area contributed by atoms with E-state index in [9.17, 15) is 4.79 Å². The SMILES string of the molecule is Cc1cc(C(=O)NCc2cc3cc(C4=CCNCC4)cc(Cn4cnc5c(N)ncnc54)c3[nH]2)c(C)nn1. The minimum Gasteiger partial charge on any atom is -0.382 e. The monoisotopic (exact) mass is 508 g/mol. The molecule has 0 saturated heterocycles. The fraction of sp³-hybridized carbons (Fsp3) is 0.259. The third-order valence-electron chi connectivity index (χ3n) is 6.86. The number of hydrogen-bond donors (Lipinski definition) is 4. The zero-order chi connectivity index (χ0) is 26.2. The molecule has 0 fully saturated rings. The second kappa shape index (κ2) is 9.67. The smallest absolute Gasteiger partial charge is 0.253 e. The molecule has 11 nitrogen and oxygen atoms in total. The molecule has 0 aliphatic carbocycles. The maximum atomic E-state index is 12.9. The largest absolute Gasteiger partial charge is 0.382 e. The average molecular weight is 509 g/mol. The highest BCUT2D eigenvalue weighted by molar-refractivity contribution is 5.95. The number of carbonyl (C=O) groups excluding carboxylic acids is 1. The summed E-state index contributed by atoms with van der Waals surface area (Å²) in [5.41, 5.74) is 14.6. The fourth-order valence-electron chi connectivity index (χ4n) is 4.92. The molecule has 5 heterocycles. The summed E-state index contributed by atoms with van der Waals surface area (Å²) in [6.45, 7) is 6.32. The van der Waals surface area contributed by atoms with Crippen molar-refractivity contribution in [2.45, 2.75) is 33.4 Å². The topological polar surface area (TPSA) is 152 Å². The van der Waals surface area contributed by atoms with Gasteiger partial charge in [-0.1, -0.05) is 6.08 Å². The molecule has 0 bridgehead atoms. The lowest BCUT2D eigenvalue weighted by Gasteiger charge is -2.16. The number of nitrogen functional groups attached to an aromatic ring is 1. The maximum Gasteiger partial charge on any atom is 0.253 e. The minimum absolute atomic E-state index is 0.179. The normalized spacial score (nSPS) is 13.7. The maximum absolute atomic E-state index is 12.9. The molecule has 6 rings (SSSR count). The molecule has 5 N–H and O–H groups in total. The molecular formula is C27H28N10O. The minimum atomic E-state index is -0.179. The highest BCUT2D eigenvalue weighted by Gasteiger charge is 2.16. The predicted octanol–water partition coefficient (Wildman–Crippen LogP) is 2.65. The molecule has 0 spiro atoms. The van der Waals surface area contributed by atoms with Crippen LogP contribution in [0.5, 0.6) is 0 Å². The van der Waals surface area contributed by atoms with Gasteiger partial charge in [0.05, 0.1) is 41.9 Å². The summed E-state index contributed by atoms with van der Waals surface area (Å²) in [4.78, 5) is 29.3. The number of imidazole rings is 1. The summed E-state index contributed by atoms with van der Waals surface area (Å²) in [5, 5.41) is 15.6. The van der Waals surface area contributed by atoms with E-state index in [-0.39, 0.29) is 5.91 Å². The van der Waals surface area contributed by atoms with Crippen LogP contribution < -0.4 is 16.4 Å². The number of benzene rings is 1. The first-order chi connectivity index (χ1) is 18.5. The number of carbonyl (C=O) groups is 1. The van der Waals surface area contributed by atoms with Gasteiger partial charge in [-0.05, 0) is 67.8 Å². The zero-order valence-corrected chi connectivity index (χ0v) is 21.2. The quantitative estimate of drug-likeness (QED) is 0.273. The van der Waals surface area contributed by atoms with Crippen LogP contribution in [0.1, 0.15) is 45.0 Å². The average Bonchev–Trinajstić information content (AvgIpc) is 3.54. The van der Waals surface area contributed by atoms with Crippen molar-refractivity contribution in [2.24, 2.45) is 0 Å². The van der Waals surface area contributed by atoms with Crippen LogP contribution in [0.15, 0.2) is 43.0 Å². The fourth-order valence-corrected chi connectivity index (χ4v) is 4.92. The van der Waals surface area contributed by atoms with Crippen molar-refractivity contribution in [3.8, 4) is 0 Å². The number of amides is 1. The number of aromatic nitrogens is 7. The van der Waals surface area contributed by atoms with Gasteiger partial charge in [0.1, 0.15) is 11.8 Å². The van der Waals surface area contributed by atoms with E-state index in [2.05, 4.69) is 65.0 Å². The van der Waals surface area contributed by atoms with Crippen molar-refractivity contribution in [3.63, 3.8) is 0 Å². The van der Waals surface area contributed by atoms with Gasteiger partial charge in [0, 0.05) is 17.6 Å². The molecular weight excluding hydrogens is 480 g/mol. The first kappa shape index (κ1) is 23.7. The molecule has 1 amide bonds. The van der Waals surface area contributed by atoms with Gasteiger partial charge in [0.25, 0.3) is 5.91 Å². The van der Waals surface area contributed by atoms with Crippen LogP contribution >= 0.6 is 0 Å². The number of nitrogens with one attached hydrogen (secondary N) is 3. The van der Waals surface area contributed by atoms with Crippen LogP contribution in [0.3, 0.4) is 0 Å². The van der Waals surface area contributed by atoms with Gasteiger partial charge in [-0.15, -0.1) is 0 Å². The van der Waals surface area contributed by atoms with Crippen molar-refractivity contribution in [1.82, 2.24) is 45.3 Å². The Morgan fingerprint density at radius 3 is 2.87 bits per heavy atom. The Labute approximate surface area is 218 Å². The van der Waals surface area contributed by atoms with Crippen LogP contribution in [-0.2, 0) is 13.1 Å². The van der Waals surface area contributed by atoms with Gasteiger partial charge in [0.2, 0.25) is 0 Å². The molecule has 0 radical (unpaired) electrons. The lowest BCUT2D eigenvalue weighted by molar-refractivity contribution is 0.0949. The number of H-pyrrole nitrogens is 1. The summed E-state index contributed by atoms with van der Waals surface area (Å²) in [7, 11) is 0. The molecule has 5 aromatic rings. The number of fused-ring (bicyclic) bond motifs is 2. The number of rotatable bonds is 6. The molecule has 11 heteroatoms. The van der Waals surface area contributed by atoms with E-state index in [1.54, 1.807) is 19.3 Å². The molecule has 4 aromatic heterocycles. The number of aromatic amines is 1. The number of aryl methyl sites for hydroxylation is 2. The van der Waals surface area contributed by atoms with Crippen molar-refractivity contribution >= 4 is 39.4 Å². The third-order valence-corrected chi connectivity index (χ3v) is 6.86. The second-order valence-corrected chi connectivity index (χ2v) is 9.55. The summed E-state index contributed by atoms with van der Waals surface area (Å²) in [5.74, 6) is 0.183. The Balaban J connectivity index is 1.35. The predicted molar refractivity (Wildman–Crippen MR) is 145 cm³/mol. The Bertz CT molecular complexity index is 1710. The van der Waals surface area contributed by atoms with Crippen LogP contribution in [0, 0.1) is 13.8 Å². The van der Waals surface area contributed by atoms with Gasteiger partial charge < -0.3 is 25.9 Å². The van der Waals surface area contributed by atoms with Gasteiger partial charge in [-0.3, -0.25) is 4.79 Å². The van der Waals surface area contributed by atoms with Crippen LogP contribution in [-0.4, -0.2) is 53.7 Å². The summed E-state index contributed by atoms with van der Waals surface area (Å²) in [6, 6.07) is 8.29. The van der Waals surface area contributed by atoms with Gasteiger partial charge >= 0.3 is 0 Å². The number of hydrogen-bond acceptors (Lipinski definition) is 8. The summed E-state index contributed by atoms with van der Waals surface area (Å²) < 4.78 is 1.98. The molecule has 1 aromatic carbocycles. The molecule has 1 aliphatic heterocycles. The van der Waals surface area contributed by atoms with E-state index in [1.165, 1.54) is 17.5 Å². The Hall–Kier alpha value is -4.64. The van der Waals surface area contributed by atoms with E-state index < -0.39 is 0 Å². The van der Waals surface area contributed by atoms with Crippen LogP contribution in [0.2, 0.25) is 0 Å². The third kappa shape index (κ3) is 4.48. The highest BCUT2D eigenvalue weighted by Crippen LogP contribution is 2.29. The van der Waals surface area contributed by atoms with Crippen molar-refractivity contribution in [1.29, 1.82) is 0 Å². The molecule has 192 valence electrons. The number of nitrogens with zero attached hydrogens (tertiary/aromatic N) is 6. The number of anilines is 1. The van der Waals surface area contributed by atoms with E-state index in [0.717, 1.165) is 41.7 Å². The first-order valence-corrected chi connectivity index (χ1v) is 12.5. The van der Waals surface area contributed by atoms with Crippen molar-refractivity contribution in [3.05, 3.63) is 76.8 Å². The second-order valence-electron chi connectivity index (χ2n) is 9.55. The van der Waals surface area contributed by atoms with E-state index in [0.29, 0.717) is 47.0 Å².